The van der Waals surface area contributed by atoms with Crippen LogP contribution in [0.4, 0.5) is 0 Å². The Morgan fingerprint density at radius 1 is 1.02 bits per heavy atom. The Morgan fingerprint density at radius 3 is 2.38 bits per heavy atom. The maximum atomic E-state index is 13.2. The van der Waals surface area contributed by atoms with Gasteiger partial charge in [0.2, 0.25) is 5.91 Å². The number of para-hydroxylation sites is 2. The first kappa shape index (κ1) is 29.4. The monoisotopic (exact) mass is 570 g/mol. The van der Waals surface area contributed by atoms with Gasteiger partial charge in [0.15, 0.2) is 0 Å². The molecule has 2 atom stereocenters. The standard InChI is InChI=1S/C36H50N4O2/c1-25(2)27-9-8-10-28(21-27)36(15-18-38(19-16-36)34(42)35(4,5)24-41)17-20-39-29-13-14-30(39)23-31(22-29)40-26(3)37-32-11-6-7-12-33(32)40/h6-12,21,25,29-31,41H,13-20,22-24H2,1-5H3. The number of aryl methyl sites for hydroxylation is 1. The summed E-state index contributed by atoms with van der Waals surface area (Å²) in [6.07, 6.45) is 8.08. The fourth-order valence-electron chi connectivity index (χ4n) is 8.33. The number of imidazole rings is 1. The molecule has 3 fully saturated rings. The number of likely N-dealkylation sites (tertiary alicyclic amines) is 1. The van der Waals surface area contributed by atoms with E-state index in [0.717, 1.165) is 50.2 Å². The molecule has 6 nitrogen and oxygen atoms in total. The highest BCUT2D eigenvalue weighted by Gasteiger charge is 2.45. The second-order valence-electron chi connectivity index (χ2n) is 14.4. The zero-order chi connectivity index (χ0) is 29.6. The van der Waals surface area contributed by atoms with Gasteiger partial charge in [-0.1, -0.05) is 50.2 Å². The lowest BCUT2D eigenvalue weighted by atomic mass is 9.69. The molecule has 2 unspecified atom stereocenters. The van der Waals surface area contributed by atoms with Crippen LogP contribution in [-0.4, -0.2) is 68.7 Å². The van der Waals surface area contributed by atoms with Crippen LogP contribution in [0.3, 0.4) is 0 Å². The van der Waals surface area contributed by atoms with Crippen LogP contribution in [0, 0.1) is 12.3 Å². The Bertz CT molecular complexity index is 1400. The number of rotatable bonds is 8. The van der Waals surface area contributed by atoms with Gasteiger partial charge in [-0.25, -0.2) is 4.98 Å². The van der Waals surface area contributed by atoms with Crippen molar-refractivity contribution in [1.82, 2.24) is 19.4 Å². The fraction of sp³-hybridized carbons (Fsp3) is 0.611. The summed E-state index contributed by atoms with van der Waals surface area (Å²) in [5.74, 6) is 1.72. The third-order valence-corrected chi connectivity index (χ3v) is 11.0. The maximum Gasteiger partial charge on any atom is 0.230 e. The van der Waals surface area contributed by atoms with Crippen molar-refractivity contribution < 1.29 is 9.90 Å². The van der Waals surface area contributed by atoms with E-state index in [1.165, 1.54) is 42.3 Å². The molecule has 42 heavy (non-hydrogen) atoms. The first-order chi connectivity index (χ1) is 20.1. The molecule has 0 saturated carbocycles. The molecule has 2 aromatic carbocycles. The molecule has 3 aliphatic heterocycles. The number of fused-ring (bicyclic) bond motifs is 3. The summed E-state index contributed by atoms with van der Waals surface area (Å²) in [5.41, 5.74) is 4.59. The number of carbonyl (C=O) groups is 1. The van der Waals surface area contributed by atoms with Crippen molar-refractivity contribution in [1.29, 1.82) is 0 Å². The van der Waals surface area contributed by atoms with E-state index in [0.29, 0.717) is 24.0 Å². The third kappa shape index (κ3) is 5.30. The van der Waals surface area contributed by atoms with E-state index in [2.05, 4.69) is 78.8 Å². The Labute approximate surface area is 252 Å². The number of hydrogen-bond donors (Lipinski definition) is 1. The number of aliphatic hydroxyl groups is 1. The molecule has 3 aliphatic rings. The predicted molar refractivity (Wildman–Crippen MR) is 170 cm³/mol. The quantitative estimate of drug-likeness (QED) is 0.331. The number of carbonyl (C=O) groups excluding carboxylic acids is 1. The smallest absolute Gasteiger partial charge is 0.230 e. The van der Waals surface area contributed by atoms with Crippen LogP contribution in [0.1, 0.15) is 102 Å². The molecule has 2 bridgehead atoms. The van der Waals surface area contributed by atoms with E-state index in [-0.39, 0.29) is 17.9 Å². The SMILES string of the molecule is Cc1nc2ccccc2n1C1CC2CCC(C1)N2CCC1(c2cccc(C(C)C)c2)CCN(C(=O)C(C)(C)CO)CC1. The van der Waals surface area contributed by atoms with Crippen molar-refractivity contribution in [3.63, 3.8) is 0 Å². The number of nitrogens with zero attached hydrogens (tertiary/aromatic N) is 4. The molecule has 0 radical (unpaired) electrons. The van der Waals surface area contributed by atoms with Gasteiger partial charge in [0, 0.05) is 31.2 Å². The van der Waals surface area contributed by atoms with Gasteiger partial charge in [-0.2, -0.15) is 0 Å². The summed E-state index contributed by atoms with van der Waals surface area (Å²) in [4.78, 5) is 23.0. The molecule has 6 heteroatoms. The zero-order valence-corrected chi connectivity index (χ0v) is 26.4. The van der Waals surface area contributed by atoms with E-state index < -0.39 is 5.41 Å². The van der Waals surface area contributed by atoms with Crippen molar-refractivity contribution in [3.8, 4) is 0 Å². The molecule has 1 N–H and O–H groups in total. The highest BCUT2D eigenvalue weighted by molar-refractivity contribution is 5.82. The highest BCUT2D eigenvalue weighted by Crippen LogP contribution is 2.45. The highest BCUT2D eigenvalue weighted by atomic mass is 16.3. The molecule has 0 spiro atoms. The minimum absolute atomic E-state index is 0.0679. The van der Waals surface area contributed by atoms with Gasteiger partial charge in [0.05, 0.1) is 23.1 Å². The second kappa shape index (κ2) is 11.4. The summed E-state index contributed by atoms with van der Waals surface area (Å²) in [6.45, 7) is 13.0. The van der Waals surface area contributed by atoms with Gasteiger partial charge in [-0.15, -0.1) is 0 Å². The zero-order valence-electron chi connectivity index (χ0n) is 26.4. The Morgan fingerprint density at radius 2 is 1.71 bits per heavy atom. The van der Waals surface area contributed by atoms with Crippen LogP contribution >= 0.6 is 0 Å². The normalized spacial score (nSPS) is 24.5. The maximum absolute atomic E-state index is 13.2. The Hall–Kier alpha value is -2.70. The molecule has 226 valence electrons. The van der Waals surface area contributed by atoms with Crippen molar-refractivity contribution in [2.24, 2.45) is 5.41 Å². The van der Waals surface area contributed by atoms with Crippen LogP contribution in [0.15, 0.2) is 48.5 Å². The fourth-order valence-corrected chi connectivity index (χ4v) is 8.33. The lowest BCUT2D eigenvalue weighted by molar-refractivity contribution is -0.144. The van der Waals surface area contributed by atoms with E-state index >= 15 is 0 Å². The van der Waals surface area contributed by atoms with E-state index in [1.807, 2.05) is 18.7 Å². The molecular formula is C36H50N4O2. The average molecular weight is 571 g/mol. The molecule has 4 heterocycles. The minimum Gasteiger partial charge on any atom is -0.395 e. The minimum atomic E-state index is -0.722. The summed E-state index contributed by atoms with van der Waals surface area (Å²) in [5, 5.41) is 9.83. The number of aliphatic hydroxyl groups excluding tert-OH is 1. The van der Waals surface area contributed by atoms with Crippen LogP contribution < -0.4 is 0 Å². The van der Waals surface area contributed by atoms with Gasteiger partial charge in [-0.3, -0.25) is 9.69 Å². The molecular weight excluding hydrogens is 520 g/mol. The van der Waals surface area contributed by atoms with E-state index in [4.69, 9.17) is 4.98 Å². The van der Waals surface area contributed by atoms with Crippen molar-refractivity contribution >= 4 is 16.9 Å². The largest absolute Gasteiger partial charge is 0.395 e. The number of piperidine rings is 2. The Kier molecular flexibility index (Phi) is 7.99. The van der Waals surface area contributed by atoms with Crippen molar-refractivity contribution in [2.45, 2.75) is 109 Å². The molecule has 3 saturated heterocycles. The topological polar surface area (TPSA) is 61.6 Å². The molecule has 1 aromatic heterocycles. The van der Waals surface area contributed by atoms with Gasteiger partial charge in [-0.05, 0) is 107 Å². The molecule has 1 amide bonds. The van der Waals surface area contributed by atoms with Gasteiger partial charge >= 0.3 is 0 Å². The number of benzene rings is 2. The summed E-state index contributed by atoms with van der Waals surface area (Å²) < 4.78 is 2.53. The summed E-state index contributed by atoms with van der Waals surface area (Å²) >= 11 is 0. The molecule has 6 rings (SSSR count). The van der Waals surface area contributed by atoms with Crippen LogP contribution in [-0.2, 0) is 10.2 Å². The van der Waals surface area contributed by atoms with E-state index in [9.17, 15) is 9.90 Å². The van der Waals surface area contributed by atoms with Crippen molar-refractivity contribution in [3.05, 3.63) is 65.5 Å². The number of amides is 1. The summed E-state index contributed by atoms with van der Waals surface area (Å²) in [7, 11) is 0. The van der Waals surface area contributed by atoms with E-state index in [1.54, 1.807) is 0 Å². The first-order valence-electron chi connectivity index (χ1n) is 16.3. The molecule has 3 aromatic rings. The first-order valence-corrected chi connectivity index (χ1v) is 16.3. The number of hydrogen-bond acceptors (Lipinski definition) is 4. The summed E-state index contributed by atoms with van der Waals surface area (Å²) in [6, 6.07) is 19.7. The van der Waals surface area contributed by atoms with Crippen LogP contribution in [0.25, 0.3) is 11.0 Å². The lowest BCUT2D eigenvalue weighted by Crippen LogP contribution is -2.51. The predicted octanol–water partition coefficient (Wildman–Crippen LogP) is 6.61. The molecule has 0 aliphatic carbocycles. The average Bonchev–Trinajstić information content (AvgIpc) is 3.46. The second-order valence-corrected chi connectivity index (χ2v) is 14.4. The van der Waals surface area contributed by atoms with Gasteiger partial charge in [0.1, 0.15) is 5.82 Å². The third-order valence-electron chi connectivity index (χ3n) is 11.0. The van der Waals surface area contributed by atoms with Crippen LogP contribution in [0.5, 0.6) is 0 Å². The van der Waals surface area contributed by atoms with Gasteiger partial charge in [0.25, 0.3) is 0 Å². The number of aromatic nitrogens is 2. The van der Waals surface area contributed by atoms with Gasteiger partial charge < -0.3 is 14.6 Å². The van der Waals surface area contributed by atoms with Crippen molar-refractivity contribution in [2.75, 3.05) is 26.2 Å². The Balaban J connectivity index is 1.21. The van der Waals surface area contributed by atoms with Crippen LogP contribution in [0.2, 0.25) is 0 Å². The lowest BCUT2D eigenvalue weighted by Gasteiger charge is -2.46.